The van der Waals surface area contributed by atoms with Crippen molar-refractivity contribution in [1.29, 1.82) is 0 Å². The van der Waals surface area contributed by atoms with Gasteiger partial charge in [0.05, 0.1) is 13.7 Å². The first-order valence-electron chi connectivity index (χ1n) is 7.12. The number of sulfonamides is 1. The quantitative estimate of drug-likeness (QED) is 0.816. The summed E-state index contributed by atoms with van der Waals surface area (Å²) in [6.45, 7) is 1.13. The van der Waals surface area contributed by atoms with E-state index < -0.39 is 34.1 Å². The van der Waals surface area contributed by atoms with Gasteiger partial charge in [-0.25, -0.2) is 21.9 Å². The van der Waals surface area contributed by atoms with Crippen molar-refractivity contribution in [2.24, 2.45) is 0 Å². The van der Waals surface area contributed by atoms with Crippen LogP contribution in [0.3, 0.4) is 0 Å². The second kappa shape index (κ2) is 7.58. The Hall–Kier alpha value is -2.52. The van der Waals surface area contributed by atoms with E-state index in [4.69, 9.17) is 4.74 Å². The standard InChI is InChI=1S/C16H16F2N2O4S/c1-10-3-6-14(24-2)15(7-10)25(22,23)19-9-16(21)20-11-4-5-12(17)13(18)8-11/h3-8,19H,9H2,1-2H3,(H,20,21). The van der Waals surface area contributed by atoms with Crippen molar-refractivity contribution < 1.29 is 26.7 Å². The Labute approximate surface area is 143 Å². The van der Waals surface area contributed by atoms with Gasteiger partial charge in [0, 0.05) is 11.8 Å². The smallest absolute Gasteiger partial charge is 0.244 e. The number of aryl methyl sites for hydroxylation is 1. The average Bonchev–Trinajstić information content (AvgIpc) is 2.56. The molecule has 0 aliphatic carbocycles. The molecule has 1 amide bonds. The molecule has 0 saturated carbocycles. The number of amides is 1. The molecule has 0 fully saturated rings. The minimum absolute atomic E-state index is 0.0104. The third-order valence-corrected chi connectivity index (χ3v) is 4.66. The van der Waals surface area contributed by atoms with Crippen LogP contribution < -0.4 is 14.8 Å². The molecule has 0 aromatic heterocycles. The van der Waals surface area contributed by atoms with E-state index in [0.717, 1.165) is 18.2 Å². The molecule has 0 atom stereocenters. The number of nitrogens with one attached hydrogen (secondary N) is 2. The Bertz CT molecular complexity index is 901. The van der Waals surface area contributed by atoms with E-state index in [1.165, 1.54) is 19.2 Å². The molecule has 134 valence electrons. The van der Waals surface area contributed by atoms with Crippen LogP contribution in [0.25, 0.3) is 0 Å². The first kappa shape index (κ1) is 18.8. The van der Waals surface area contributed by atoms with Crippen molar-refractivity contribution >= 4 is 21.6 Å². The Morgan fingerprint density at radius 3 is 2.48 bits per heavy atom. The molecule has 2 rings (SSSR count). The van der Waals surface area contributed by atoms with E-state index >= 15 is 0 Å². The van der Waals surface area contributed by atoms with Gasteiger partial charge in [0.15, 0.2) is 11.6 Å². The van der Waals surface area contributed by atoms with Crippen LogP contribution in [0.15, 0.2) is 41.3 Å². The maximum Gasteiger partial charge on any atom is 0.244 e. The third-order valence-electron chi connectivity index (χ3n) is 3.23. The van der Waals surface area contributed by atoms with Gasteiger partial charge in [-0.05, 0) is 36.8 Å². The first-order valence-corrected chi connectivity index (χ1v) is 8.60. The molecule has 25 heavy (non-hydrogen) atoms. The maximum atomic E-state index is 13.1. The lowest BCUT2D eigenvalue weighted by Gasteiger charge is -2.11. The molecular formula is C16H16F2N2O4S. The van der Waals surface area contributed by atoms with E-state index in [0.29, 0.717) is 5.56 Å². The topological polar surface area (TPSA) is 84.5 Å². The molecule has 0 spiro atoms. The monoisotopic (exact) mass is 370 g/mol. The van der Waals surface area contributed by atoms with E-state index in [9.17, 15) is 22.0 Å². The highest BCUT2D eigenvalue weighted by atomic mass is 32.2. The summed E-state index contributed by atoms with van der Waals surface area (Å²) in [4.78, 5) is 11.7. The van der Waals surface area contributed by atoms with Gasteiger partial charge >= 0.3 is 0 Å². The Morgan fingerprint density at radius 1 is 1.12 bits per heavy atom. The molecule has 0 aliphatic heterocycles. The highest BCUT2D eigenvalue weighted by molar-refractivity contribution is 7.89. The number of carbonyl (C=O) groups excluding carboxylic acids is 1. The van der Waals surface area contributed by atoms with Crippen LogP contribution in [-0.2, 0) is 14.8 Å². The number of hydrogen-bond acceptors (Lipinski definition) is 4. The fourth-order valence-corrected chi connectivity index (χ4v) is 3.25. The van der Waals surface area contributed by atoms with Crippen molar-refractivity contribution in [3.8, 4) is 5.75 Å². The summed E-state index contributed by atoms with van der Waals surface area (Å²) in [5.74, 6) is -2.77. The number of anilines is 1. The summed E-state index contributed by atoms with van der Waals surface area (Å²) in [6.07, 6.45) is 0. The van der Waals surface area contributed by atoms with Gasteiger partial charge in [-0.3, -0.25) is 4.79 Å². The van der Waals surface area contributed by atoms with Gasteiger partial charge < -0.3 is 10.1 Å². The lowest BCUT2D eigenvalue weighted by Crippen LogP contribution is -2.33. The predicted octanol–water partition coefficient (Wildman–Crippen LogP) is 2.20. The van der Waals surface area contributed by atoms with Crippen LogP contribution in [0.4, 0.5) is 14.5 Å². The van der Waals surface area contributed by atoms with E-state index in [2.05, 4.69) is 10.0 Å². The molecule has 2 aromatic rings. The van der Waals surface area contributed by atoms with Gasteiger partial charge in [-0.15, -0.1) is 0 Å². The Balaban J connectivity index is 2.07. The first-order chi connectivity index (χ1) is 11.7. The SMILES string of the molecule is COc1ccc(C)cc1S(=O)(=O)NCC(=O)Nc1ccc(F)c(F)c1. The largest absolute Gasteiger partial charge is 0.495 e. The maximum absolute atomic E-state index is 13.1. The molecule has 0 aliphatic rings. The normalized spacial score (nSPS) is 11.2. The van der Waals surface area contributed by atoms with Gasteiger partial charge in [-0.1, -0.05) is 6.07 Å². The zero-order chi connectivity index (χ0) is 18.6. The fourth-order valence-electron chi connectivity index (χ4n) is 2.01. The van der Waals surface area contributed by atoms with Crippen molar-refractivity contribution in [2.45, 2.75) is 11.8 Å². The molecule has 0 unspecified atom stereocenters. The summed E-state index contributed by atoms with van der Waals surface area (Å²) in [5.41, 5.74) is 0.712. The van der Waals surface area contributed by atoms with E-state index in [1.54, 1.807) is 13.0 Å². The summed E-state index contributed by atoms with van der Waals surface area (Å²) in [5, 5.41) is 2.27. The Kier molecular flexibility index (Phi) is 5.70. The lowest BCUT2D eigenvalue weighted by molar-refractivity contribution is -0.115. The molecule has 2 N–H and O–H groups in total. The highest BCUT2D eigenvalue weighted by Crippen LogP contribution is 2.24. The zero-order valence-corrected chi connectivity index (χ0v) is 14.3. The van der Waals surface area contributed by atoms with Crippen LogP contribution in [0.1, 0.15) is 5.56 Å². The van der Waals surface area contributed by atoms with Crippen molar-refractivity contribution in [3.63, 3.8) is 0 Å². The van der Waals surface area contributed by atoms with E-state index in [-0.39, 0.29) is 16.3 Å². The van der Waals surface area contributed by atoms with Crippen molar-refractivity contribution in [2.75, 3.05) is 19.0 Å². The van der Waals surface area contributed by atoms with E-state index in [1.807, 2.05) is 0 Å². The second-order valence-electron chi connectivity index (χ2n) is 5.16. The number of carbonyl (C=O) groups is 1. The third kappa shape index (κ3) is 4.74. The van der Waals surface area contributed by atoms with Gasteiger partial charge in [-0.2, -0.15) is 0 Å². The minimum Gasteiger partial charge on any atom is -0.495 e. The second-order valence-corrected chi connectivity index (χ2v) is 6.89. The molecule has 0 radical (unpaired) electrons. The molecule has 9 heteroatoms. The number of rotatable bonds is 6. The summed E-state index contributed by atoms with van der Waals surface area (Å²) in [7, 11) is -2.66. The van der Waals surface area contributed by atoms with Crippen LogP contribution in [0.5, 0.6) is 5.75 Å². The van der Waals surface area contributed by atoms with Gasteiger partial charge in [0.25, 0.3) is 0 Å². The Morgan fingerprint density at radius 2 is 1.84 bits per heavy atom. The molecule has 0 heterocycles. The molecular weight excluding hydrogens is 354 g/mol. The summed E-state index contributed by atoms with van der Waals surface area (Å²) < 4.78 is 57.8. The number of hydrogen-bond donors (Lipinski definition) is 2. The van der Waals surface area contributed by atoms with Crippen LogP contribution in [0.2, 0.25) is 0 Å². The number of halogens is 2. The van der Waals surface area contributed by atoms with Crippen molar-refractivity contribution in [1.82, 2.24) is 4.72 Å². The molecule has 0 saturated heterocycles. The number of methoxy groups -OCH3 is 1. The fraction of sp³-hybridized carbons (Fsp3) is 0.188. The molecule has 0 bridgehead atoms. The summed E-state index contributed by atoms with van der Waals surface area (Å²) in [6, 6.07) is 7.42. The van der Waals surface area contributed by atoms with Crippen molar-refractivity contribution in [3.05, 3.63) is 53.6 Å². The van der Waals surface area contributed by atoms with Gasteiger partial charge in [0.2, 0.25) is 15.9 Å². The zero-order valence-electron chi connectivity index (χ0n) is 13.5. The van der Waals surface area contributed by atoms with Gasteiger partial charge in [0.1, 0.15) is 10.6 Å². The molecule has 2 aromatic carbocycles. The highest BCUT2D eigenvalue weighted by Gasteiger charge is 2.20. The summed E-state index contributed by atoms with van der Waals surface area (Å²) >= 11 is 0. The predicted molar refractivity (Wildman–Crippen MR) is 87.9 cm³/mol. The number of benzene rings is 2. The minimum atomic E-state index is -4.00. The number of ether oxygens (including phenoxy) is 1. The lowest BCUT2D eigenvalue weighted by atomic mass is 10.2. The van der Waals surface area contributed by atoms with Crippen LogP contribution in [-0.4, -0.2) is 28.0 Å². The van der Waals surface area contributed by atoms with Crippen LogP contribution >= 0.6 is 0 Å². The van der Waals surface area contributed by atoms with Crippen LogP contribution in [0, 0.1) is 18.6 Å². The molecule has 6 nitrogen and oxygen atoms in total. The average molecular weight is 370 g/mol.